The lowest BCUT2D eigenvalue weighted by Crippen LogP contribution is -2.37. The summed E-state index contributed by atoms with van der Waals surface area (Å²) >= 11 is 6.06. The molecule has 0 aliphatic carbocycles. The maximum Gasteiger partial charge on any atom is 0.332 e. The molecule has 0 fully saturated rings. The number of nitrogens with zero attached hydrogens (tertiary/aromatic N) is 5. The maximum atomic E-state index is 12.9. The van der Waals surface area contributed by atoms with E-state index in [2.05, 4.69) is 9.55 Å². The van der Waals surface area contributed by atoms with Gasteiger partial charge < -0.3 is 9.30 Å². The fourth-order valence-corrected chi connectivity index (χ4v) is 3.75. The fraction of sp³-hybridized carbons (Fsp3) is 0.381. The second-order valence-electron chi connectivity index (χ2n) is 7.61. The number of aromatic nitrogens is 5. The SMILES string of the molecule is CC(C)OCCCn1c(-c2ccc(Cl)cc2)cn2c3c(=O)n(C)c(=O)n(C)c3nc12. The summed E-state index contributed by atoms with van der Waals surface area (Å²) in [5, 5.41) is 0.654. The molecule has 0 saturated heterocycles. The normalized spacial score (nSPS) is 11.9. The van der Waals surface area contributed by atoms with Crippen LogP contribution < -0.4 is 11.2 Å². The summed E-state index contributed by atoms with van der Waals surface area (Å²) in [7, 11) is 3.10. The van der Waals surface area contributed by atoms with Gasteiger partial charge in [0.1, 0.15) is 0 Å². The van der Waals surface area contributed by atoms with Crippen molar-refractivity contribution in [3.05, 3.63) is 56.3 Å². The number of rotatable bonds is 6. The first-order chi connectivity index (χ1) is 14.3. The van der Waals surface area contributed by atoms with Gasteiger partial charge in [0.2, 0.25) is 5.78 Å². The van der Waals surface area contributed by atoms with Crippen LogP contribution in [-0.2, 0) is 25.4 Å². The highest BCUT2D eigenvalue weighted by atomic mass is 35.5. The highest BCUT2D eigenvalue weighted by Gasteiger charge is 2.20. The Morgan fingerprint density at radius 3 is 2.47 bits per heavy atom. The molecule has 9 heteroatoms. The lowest BCUT2D eigenvalue weighted by atomic mass is 10.1. The van der Waals surface area contributed by atoms with Crippen molar-refractivity contribution in [2.75, 3.05) is 6.61 Å². The van der Waals surface area contributed by atoms with Crippen molar-refractivity contribution in [2.24, 2.45) is 14.1 Å². The van der Waals surface area contributed by atoms with Crippen LogP contribution >= 0.6 is 11.6 Å². The summed E-state index contributed by atoms with van der Waals surface area (Å²) in [6.45, 7) is 5.27. The van der Waals surface area contributed by atoms with Crippen molar-refractivity contribution in [3.63, 3.8) is 0 Å². The van der Waals surface area contributed by atoms with Crippen LogP contribution in [0.25, 0.3) is 28.2 Å². The van der Waals surface area contributed by atoms with Crippen LogP contribution in [0.2, 0.25) is 5.02 Å². The van der Waals surface area contributed by atoms with Crippen molar-refractivity contribution in [2.45, 2.75) is 32.9 Å². The topological polar surface area (TPSA) is 75.5 Å². The van der Waals surface area contributed by atoms with Crippen molar-refractivity contribution in [3.8, 4) is 11.3 Å². The van der Waals surface area contributed by atoms with Gasteiger partial charge in [-0.15, -0.1) is 0 Å². The molecule has 0 atom stereocenters. The average Bonchev–Trinajstić information content (AvgIpc) is 3.25. The molecule has 0 saturated carbocycles. The van der Waals surface area contributed by atoms with Gasteiger partial charge in [0.25, 0.3) is 5.56 Å². The number of halogens is 1. The lowest BCUT2D eigenvalue weighted by molar-refractivity contribution is 0.0750. The molecule has 0 aliphatic heterocycles. The summed E-state index contributed by atoms with van der Waals surface area (Å²) in [4.78, 5) is 29.8. The van der Waals surface area contributed by atoms with Crippen molar-refractivity contribution >= 4 is 28.5 Å². The van der Waals surface area contributed by atoms with Gasteiger partial charge in [-0.1, -0.05) is 23.7 Å². The van der Waals surface area contributed by atoms with Gasteiger partial charge in [0.05, 0.1) is 11.8 Å². The molecule has 8 nitrogen and oxygen atoms in total. The van der Waals surface area contributed by atoms with Gasteiger partial charge in [-0.05, 0) is 38.0 Å². The first-order valence-electron chi connectivity index (χ1n) is 9.84. The van der Waals surface area contributed by atoms with Crippen LogP contribution in [0, 0.1) is 0 Å². The highest BCUT2D eigenvalue weighted by molar-refractivity contribution is 6.30. The van der Waals surface area contributed by atoms with Crippen LogP contribution in [0.1, 0.15) is 20.3 Å². The fourth-order valence-electron chi connectivity index (χ4n) is 3.63. The zero-order valence-electron chi connectivity index (χ0n) is 17.4. The standard InChI is InChI=1S/C21H24ClN5O3/c1-13(2)30-11-5-10-26-16(14-6-8-15(22)9-7-14)12-27-17-18(23-20(26)27)24(3)21(29)25(4)19(17)28/h6-9,12-13H,5,10-11H2,1-4H3. The predicted octanol–water partition coefficient (Wildman–Crippen LogP) is 2.82. The number of fused-ring (bicyclic) bond motifs is 3. The van der Waals surface area contributed by atoms with Gasteiger partial charge in [0.15, 0.2) is 11.2 Å². The van der Waals surface area contributed by atoms with E-state index in [-0.39, 0.29) is 11.7 Å². The van der Waals surface area contributed by atoms with E-state index in [1.54, 1.807) is 11.4 Å². The van der Waals surface area contributed by atoms with E-state index < -0.39 is 5.69 Å². The predicted molar refractivity (Wildman–Crippen MR) is 117 cm³/mol. The molecule has 158 valence electrons. The van der Waals surface area contributed by atoms with E-state index in [0.717, 1.165) is 22.2 Å². The summed E-state index contributed by atoms with van der Waals surface area (Å²) in [5.41, 5.74) is 1.85. The lowest BCUT2D eigenvalue weighted by Gasteiger charge is -2.11. The average molecular weight is 430 g/mol. The molecule has 3 heterocycles. The van der Waals surface area contributed by atoms with Gasteiger partial charge >= 0.3 is 5.69 Å². The molecule has 0 bridgehead atoms. The quantitative estimate of drug-likeness (QED) is 0.442. The monoisotopic (exact) mass is 429 g/mol. The molecule has 4 aromatic rings. The van der Waals surface area contributed by atoms with Crippen LogP contribution in [-0.4, -0.2) is 35.8 Å². The Morgan fingerprint density at radius 2 is 1.80 bits per heavy atom. The molecular weight excluding hydrogens is 406 g/mol. The number of ether oxygens (including phenoxy) is 1. The van der Waals surface area contributed by atoms with E-state index >= 15 is 0 Å². The van der Waals surface area contributed by atoms with E-state index in [4.69, 9.17) is 16.3 Å². The molecule has 0 N–H and O–H groups in total. The minimum atomic E-state index is -0.400. The molecule has 0 spiro atoms. The second kappa shape index (κ2) is 7.77. The first-order valence-corrected chi connectivity index (χ1v) is 10.2. The Hall–Kier alpha value is -2.84. The van der Waals surface area contributed by atoms with E-state index in [0.29, 0.717) is 35.1 Å². The van der Waals surface area contributed by atoms with E-state index in [1.165, 1.54) is 11.6 Å². The molecular formula is C21H24ClN5O3. The number of hydrogen-bond donors (Lipinski definition) is 0. The van der Waals surface area contributed by atoms with Gasteiger partial charge in [-0.2, -0.15) is 4.98 Å². The third-order valence-corrected chi connectivity index (χ3v) is 5.43. The van der Waals surface area contributed by atoms with E-state index in [9.17, 15) is 9.59 Å². The summed E-state index contributed by atoms with van der Waals surface area (Å²) in [6.07, 6.45) is 2.84. The minimum absolute atomic E-state index is 0.164. The maximum absolute atomic E-state index is 12.9. The Labute approximate surface area is 177 Å². The van der Waals surface area contributed by atoms with Crippen LogP contribution in [0.5, 0.6) is 0 Å². The van der Waals surface area contributed by atoms with Crippen molar-refractivity contribution in [1.82, 2.24) is 23.1 Å². The molecule has 0 unspecified atom stereocenters. The van der Waals surface area contributed by atoms with Gasteiger partial charge in [-0.25, -0.2) is 4.79 Å². The summed E-state index contributed by atoms with van der Waals surface area (Å²) in [6, 6.07) is 7.54. The van der Waals surface area contributed by atoms with Crippen LogP contribution in [0.4, 0.5) is 0 Å². The van der Waals surface area contributed by atoms with Gasteiger partial charge in [-0.3, -0.25) is 18.3 Å². The second-order valence-corrected chi connectivity index (χ2v) is 8.04. The Balaban J connectivity index is 1.93. The Morgan fingerprint density at radius 1 is 1.10 bits per heavy atom. The highest BCUT2D eigenvalue weighted by Crippen LogP contribution is 2.27. The smallest absolute Gasteiger partial charge is 0.332 e. The van der Waals surface area contributed by atoms with Crippen molar-refractivity contribution < 1.29 is 4.74 Å². The molecule has 30 heavy (non-hydrogen) atoms. The number of hydrogen-bond acceptors (Lipinski definition) is 4. The zero-order chi connectivity index (χ0) is 21.6. The van der Waals surface area contributed by atoms with Crippen molar-refractivity contribution in [1.29, 1.82) is 0 Å². The molecule has 0 amide bonds. The number of imidazole rings is 2. The third-order valence-electron chi connectivity index (χ3n) is 5.17. The number of benzene rings is 1. The Bertz CT molecular complexity index is 1340. The third kappa shape index (κ3) is 3.36. The largest absolute Gasteiger partial charge is 0.379 e. The molecule has 4 rings (SSSR count). The molecule has 1 aromatic carbocycles. The number of aryl methyl sites for hydroxylation is 2. The molecule has 0 aliphatic rings. The molecule has 0 radical (unpaired) electrons. The van der Waals surface area contributed by atoms with E-state index in [1.807, 2.05) is 44.3 Å². The first kappa shape index (κ1) is 20.4. The van der Waals surface area contributed by atoms with Gasteiger partial charge in [0, 0.05) is 38.5 Å². The zero-order valence-corrected chi connectivity index (χ0v) is 18.2. The Kier molecular flexibility index (Phi) is 5.29. The van der Waals surface area contributed by atoms with Crippen LogP contribution in [0.15, 0.2) is 40.1 Å². The summed E-state index contributed by atoms with van der Waals surface area (Å²) in [5.74, 6) is 0.609. The summed E-state index contributed by atoms with van der Waals surface area (Å²) < 4.78 is 12.0. The molecule has 3 aromatic heterocycles. The minimum Gasteiger partial charge on any atom is -0.379 e. The van der Waals surface area contributed by atoms with Crippen LogP contribution in [0.3, 0.4) is 0 Å².